The van der Waals surface area contributed by atoms with E-state index in [1.54, 1.807) is 48.4 Å². The van der Waals surface area contributed by atoms with E-state index < -0.39 is 12.1 Å². The zero-order valence-electron chi connectivity index (χ0n) is 24.5. The normalized spacial score (nSPS) is 18.4. The summed E-state index contributed by atoms with van der Waals surface area (Å²) in [5.41, 5.74) is 3.05. The lowest BCUT2D eigenvalue weighted by atomic mass is 9.98. The van der Waals surface area contributed by atoms with E-state index in [9.17, 15) is 14.4 Å². The Balaban J connectivity index is 1.34. The van der Waals surface area contributed by atoms with Crippen LogP contribution in [0.3, 0.4) is 0 Å². The number of piperidine rings is 1. The van der Waals surface area contributed by atoms with Gasteiger partial charge in [-0.1, -0.05) is 35.9 Å². The minimum atomic E-state index is -0.539. The van der Waals surface area contributed by atoms with Crippen molar-refractivity contribution in [2.75, 3.05) is 26.8 Å². The molecule has 1 fully saturated rings. The van der Waals surface area contributed by atoms with Crippen LogP contribution in [0.25, 0.3) is 11.1 Å². The molecule has 1 saturated heterocycles. The molecule has 0 unspecified atom stereocenters. The number of pyridine rings is 1. The lowest BCUT2D eigenvalue weighted by Gasteiger charge is -2.39. The van der Waals surface area contributed by atoms with Gasteiger partial charge in [-0.3, -0.25) is 19.4 Å². The van der Waals surface area contributed by atoms with Crippen LogP contribution in [0.2, 0.25) is 5.02 Å². The van der Waals surface area contributed by atoms with Crippen LogP contribution >= 0.6 is 11.6 Å². The zero-order chi connectivity index (χ0) is 31.3. The average Bonchev–Trinajstić information content (AvgIpc) is 3.07. The van der Waals surface area contributed by atoms with Crippen LogP contribution in [-0.2, 0) is 11.3 Å². The summed E-state index contributed by atoms with van der Waals surface area (Å²) in [5, 5.41) is 6.26. The van der Waals surface area contributed by atoms with E-state index in [0.29, 0.717) is 53.4 Å². The van der Waals surface area contributed by atoms with Crippen LogP contribution in [0.1, 0.15) is 32.7 Å². The number of benzene rings is 3. The minimum Gasteiger partial charge on any atom is -0.496 e. The molecule has 7 rings (SSSR count). The fraction of sp³-hybridized carbons (Fsp3) is 0.235. The molecule has 6 bridgehead atoms. The van der Waals surface area contributed by atoms with Gasteiger partial charge in [0.15, 0.2) is 6.61 Å². The molecule has 230 valence electrons. The number of fused-ring (bicyclic) bond motifs is 7. The van der Waals surface area contributed by atoms with Gasteiger partial charge in [0.05, 0.1) is 23.7 Å². The molecule has 1 aromatic heterocycles. The van der Waals surface area contributed by atoms with Gasteiger partial charge < -0.3 is 29.7 Å². The molecule has 0 spiro atoms. The summed E-state index contributed by atoms with van der Waals surface area (Å²) < 4.78 is 17.8. The van der Waals surface area contributed by atoms with E-state index >= 15 is 0 Å². The van der Waals surface area contributed by atoms with Crippen molar-refractivity contribution < 1.29 is 28.6 Å². The van der Waals surface area contributed by atoms with Crippen molar-refractivity contribution in [1.29, 1.82) is 0 Å². The number of methoxy groups -OCH3 is 1. The molecule has 2 atom stereocenters. The van der Waals surface area contributed by atoms with Gasteiger partial charge in [-0.05, 0) is 59.7 Å². The Labute approximate surface area is 265 Å². The molecule has 3 aromatic carbocycles. The number of rotatable bonds is 2. The smallest absolute Gasteiger partial charge is 0.258 e. The van der Waals surface area contributed by atoms with Crippen molar-refractivity contribution in [3.8, 4) is 28.4 Å². The highest BCUT2D eigenvalue weighted by Crippen LogP contribution is 2.33. The van der Waals surface area contributed by atoms with E-state index in [1.165, 1.54) is 12.4 Å². The number of aromatic nitrogens is 1. The van der Waals surface area contributed by atoms with E-state index in [2.05, 4.69) is 15.6 Å². The number of hydrogen-bond donors (Lipinski definition) is 2. The second kappa shape index (κ2) is 13.3. The largest absolute Gasteiger partial charge is 0.496 e. The highest BCUT2D eigenvalue weighted by molar-refractivity contribution is 6.33. The van der Waals surface area contributed by atoms with Crippen LogP contribution in [0.15, 0.2) is 85.2 Å². The van der Waals surface area contributed by atoms with Crippen LogP contribution < -0.4 is 24.8 Å². The number of likely N-dealkylation sites (tertiary alicyclic amines) is 1. The van der Waals surface area contributed by atoms with E-state index in [-0.39, 0.29) is 35.9 Å². The molecule has 0 saturated carbocycles. The quantitative estimate of drug-likeness (QED) is 0.336. The van der Waals surface area contributed by atoms with E-state index in [1.807, 2.05) is 36.4 Å². The van der Waals surface area contributed by atoms with Gasteiger partial charge in [0, 0.05) is 49.6 Å². The summed E-state index contributed by atoms with van der Waals surface area (Å²) in [6, 6.07) is 20.8. The first-order chi connectivity index (χ1) is 21.9. The molecule has 4 aromatic rings. The Morgan fingerprint density at radius 1 is 1.02 bits per heavy atom. The Morgan fingerprint density at radius 2 is 1.87 bits per heavy atom. The third-order valence-corrected chi connectivity index (χ3v) is 8.13. The molecular formula is C34H31ClN4O6. The molecule has 10 nitrogen and oxygen atoms in total. The van der Waals surface area contributed by atoms with Crippen molar-refractivity contribution in [3.63, 3.8) is 0 Å². The summed E-state index contributed by atoms with van der Waals surface area (Å²) in [7, 11) is 1.56. The van der Waals surface area contributed by atoms with Crippen molar-refractivity contribution in [1.82, 2.24) is 20.5 Å². The Kier molecular flexibility index (Phi) is 8.84. The molecule has 2 N–H and O–H groups in total. The molecule has 3 amide bonds. The van der Waals surface area contributed by atoms with Crippen LogP contribution in [0.4, 0.5) is 0 Å². The number of carbonyl (C=O) groups excluding carboxylic acids is 3. The van der Waals surface area contributed by atoms with Crippen LogP contribution in [-0.4, -0.2) is 66.6 Å². The second-order valence-corrected chi connectivity index (χ2v) is 11.2. The van der Waals surface area contributed by atoms with Crippen LogP contribution in [0.5, 0.6) is 17.2 Å². The molecule has 3 aliphatic rings. The van der Waals surface area contributed by atoms with Gasteiger partial charge in [-0.15, -0.1) is 0 Å². The van der Waals surface area contributed by atoms with Gasteiger partial charge in [0.25, 0.3) is 17.7 Å². The zero-order valence-corrected chi connectivity index (χ0v) is 25.3. The maximum Gasteiger partial charge on any atom is 0.258 e. The molecule has 0 radical (unpaired) electrons. The summed E-state index contributed by atoms with van der Waals surface area (Å²) in [6.45, 7) is 0.785. The Hall–Kier alpha value is -5.09. The Morgan fingerprint density at radius 3 is 2.67 bits per heavy atom. The number of ether oxygens (including phenoxy) is 3. The van der Waals surface area contributed by atoms with Crippen molar-refractivity contribution in [2.24, 2.45) is 0 Å². The highest BCUT2D eigenvalue weighted by Gasteiger charge is 2.35. The first-order valence-corrected chi connectivity index (χ1v) is 14.9. The number of amides is 3. The fourth-order valence-corrected chi connectivity index (χ4v) is 5.65. The predicted molar refractivity (Wildman–Crippen MR) is 168 cm³/mol. The summed E-state index contributed by atoms with van der Waals surface area (Å²) >= 11 is 6.29. The number of nitrogens with one attached hydrogen (secondary N) is 2. The third kappa shape index (κ3) is 6.86. The summed E-state index contributed by atoms with van der Waals surface area (Å²) in [6.07, 6.45) is 3.01. The SMILES string of the molecule is COc1ccc2cc1-c1cccc(c1)OCC(=O)NCc1ccc(cc1)O[C@@H]1CCN(C(=O)c3ccncc3Cl)C[C@H]1NC2=O. The first-order valence-electron chi connectivity index (χ1n) is 14.5. The van der Waals surface area contributed by atoms with E-state index in [0.717, 1.165) is 11.1 Å². The minimum absolute atomic E-state index is 0.153. The molecule has 3 aliphatic heterocycles. The van der Waals surface area contributed by atoms with Crippen molar-refractivity contribution in [2.45, 2.75) is 25.1 Å². The van der Waals surface area contributed by atoms with Gasteiger partial charge in [0.1, 0.15) is 23.4 Å². The number of nitrogens with zero attached hydrogens (tertiary/aromatic N) is 2. The molecule has 4 heterocycles. The van der Waals surface area contributed by atoms with E-state index in [4.69, 9.17) is 25.8 Å². The molecule has 11 heteroatoms. The molecule has 45 heavy (non-hydrogen) atoms. The molecule has 0 aliphatic carbocycles. The first kappa shape index (κ1) is 30.0. The van der Waals surface area contributed by atoms with Gasteiger partial charge in [0.2, 0.25) is 0 Å². The van der Waals surface area contributed by atoms with Crippen LogP contribution in [0, 0.1) is 0 Å². The number of halogens is 1. The van der Waals surface area contributed by atoms with Crippen molar-refractivity contribution in [3.05, 3.63) is 107 Å². The number of carbonyl (C=O) groups is 3. The molecular weight excluding hydrogens is 596 g/mol. The maximum atomic E-state index is 13.8. The lowest BCUT2D eigenvalue weighted by Crippen LogP contribution is -2.58. The Bertz CT molecular complexity index is 1730. The van der Waals surface area contributed by atoms with Gasteiger partial charge in [-0.2, -0.15) is 0 Å². The lowest BCUT2D eigenvalue weighted by molar-refractivity contribution is -0.123. The maximum absolute atomic E-state index is 13.8. The summed E-state index contributed by atoms with van der Waals surface area (Å²) in [4.78, 5) is 45.4. The van der Waals surface area contributed by atoms with Crippen molar-refractivity contribution >= 4 is 29.3 Å². The highest BCUT2D eigenvalue weighted by atomic mass is 35.5. The predicted octanol–water partition coefficient (Wildman–Crippen LogP) is 4.51. The standard InChI is InChI=1S/C34H31ClN4O6/c1-43-30-10-7-23-16-27(30)22-3-2-4-25(15-22)44-20-32(40)37-17-21-5-8-24(9-6-21)45-31-12-14-39(19-29(31)38-33(23)41)34(42)26-11-13-36-18-28(26)35/h2-11,13,15-16,18,29,31H,12,14,17,19-20H2,1H3,(H,37,40)(H,38,41)/t29-,31-/m1/s1. The average molecular weight is 627 g/mol. The van der Waals surface area contributed by atoms with Gasteiger partial charge in [-0.25, -0.2) is 0 Å². The summed E-state index contributed by atoms with van der Waals surface area (Å²) in [5.74, 6) is 0.832. The fourth-order valence-electron chi connectivity index (χ4n) is 5.45. The second-order valence-electron chi connectivity index (χ2n) is 10.8. The topological polar surface area (TPSA) is 119 Å². The third-order valence-electron chi connectivity index (χ3n) is 7.83. The van der Waals surface area contributed by atoms with Gasteiger partial charge >= 0.3 is 0 Å². The monoisotopic (exact) mass is 626 g/mol. The number of hydrogen-bond acceptors (Lipinski definition) is 7.